The smallest absolute Gasteiger partial charge is 0.233 e. The average molecular weight is 391 g/mol. The highest BCUT2D eigenvalue weighted by atomic mass is 16.5. The zero-order chi connectivity index (χ0) is 20.4. The highest BCUT2D eigenvalue weighted by Gasteiger charge is 2.44. The Hall–Kier alpha value is -2.46. The molecule has 1 amide bonds. The van der Waals surface area contributed by atoms with Gasteiger partial charge in [-0.1, -0.05) is 30.3 Å². The molecule has 0 unspecified atom stereocenters. The molecule has 0 saturated carbocycles. The van der Waals surface area contributed by atoms with Crippen molar-refractivity contribution >= 4 is 11.5 Å². The van der Waals surface area contributed by atoms with E-state index in [1.165, 1.54) is 16.7 Å². The first kappa shape index (κ1) is 19.8. The Morgan fingerprint density at radius 3 is 2.48 bits per heavy atom. The molecule has 0 radical (unpaired) electrons. The first-order chi connectivity index (χ1) is 14.0. The van der Waals surface area contributed by atoms with Crippen molar-refractivity contribution in [1.82, 2.24) is 9.88 Å². The number of rotatable bonds is 3. The van der Waals surface area contributed by atoms with Crippen molar-refractivity contribution in [2.45, 2.75) is 45.4 Å². The van der Waals surface area contributed by atoms with Crippen LogP contribution in [0.2, 0.25) is 0 Å². The second kappa shape index (κ2) is 8.11. The van der Waals surface area contributed by atoms with Crippen LogP contribution in [-0.2, 0) is 14.9 Å². The Morgan fingerprint density at radius 2 is 1.86 bits per heavy atom. The van der Waals surface area contributed by atoms with E-state index in [1.807, 2.05) is 24.1 Å². The maximum atomic E-state index is 13.8. The molecule has 1 saturated heterocycles. The van der Waals surface area contributed by atoms with Crippen molar-refractivity contribution in [1.29, 1.82) is 0 Å². The van der Waals surface area contributed by atoms with E-state index in [-0.39, 0.29) is 5.91 Å². The van der Waals surface area contributed by atoms with E-state index in [0.29, 0.717) is 19.8 Å². The summed E-state index contributed by atoms with van der Waals surface area (Å²) in [5.74, 6) is 0.251. The zero-order valence-electron chi connectivity index (χ0n) is 17.7. The average Bonchev–Trinajstić information content (AvgIpc) is 2.76. The summed E-state index contributed by atoms with van der Waals surface area (Å²) in [4.78, 5) is 20.2. The molecule has 152 valence electrons. The van der Waals surface area contributed by atoms with Crippen LogP contribution in [0.5, 0.6) is 0 Å². The Labute approximate surface area is 173 Å². The van der Waals surface area contributed by atoms with Gasteiger partial charge in [0, 0.05) is 38.2 Å². The van der Waals surface area contributed by atoms with Gasteiger partial charge in [-0.05, 0) is 73.9 Å². The third kappa shape index (κ3) is 3.86. The van der Waals surface area contributed by atoms with E-state index in [1.54, 1.807) is 0 Å². The lowest BCUT2D eigenvalue weighted by Crippen LogP contribution is -2.51. The summed E-state index contributed by atoms with van der Waals surface area (Å²) in [6.45, 7) is 8.95. The van der Waals surface area contributed by atoms with Gasteiger partial charge in [-0.15, -0.1) is 0 Å². The molecule has 1 aromatic carbocycles. The van der Waals surface area contributed by atoms with E-state index >= 15 is 0 Å². The van der Waals surface area contributed by atoms with E-state index in [4.69, 9.17) is 4.74 Å². The number of aromatic nitrogens is 1. The molecule has 4 rings (SSSR count). The number of benzene rings is 1. The lowest BCUT2D eigenvalue weighted by molar-refractivity contribution is -0.141. The summed E-state index contributed by atoms with van der Waals surface area (Å²) >= 11 is 0. The quantitative estimate of drug-likeness (QED) is 0.781. The van der Waals surface area contributed by atoms with Crippen molar-refractivity contribution in [2.75, 3.05) is 26.3 Å². The summed E-state index contributed by atoms with van der Waals surface area (Å²) in [7, 11) is 0. The Kier molecular flexibility index (Phi) is 5.55. The third-order valence-electron chi connectivity index (χ3n) is 6.59. The monoisotopic (exact) mass is 390 g/mol. The van der Waals surface area contributed by atoms with Crippen LogP contribution in [0.3, 0.4) is 0 Å². The van der Waals surface area contributed by atoms with Gasteiger partial charge in [0.2, 0.25) is 5.91 Å². The van der Waals surface area contributed by atoms with Gasteiger partial charge in [0.25, 0.3) is 0 Å². The van der Waals surface area contributed by atoms with Gasteiger partial charge in [-0.3, -0.25) is 9.78 Å². The maximum absolute atomic E-state index is 13.8. The van der Waals surface area contributed by atoms with Gasteiger partial charge in [-0.2, -0.15) is 0 Å². The summed E-state index contributed by atoms with van der Waals surface area (Å²) in [5.41, 5.74) is 6.66. The van der Waals surface area contributed by atoms with Gasteiger partial charge in [-0.25, -0.2) is 0 Å². The molecule has 1 fully saturated rings. The highest BCUT2D eigenvalue weighted by molar-refractivity contribution is 5.89. The van der Waals surface area contributed by atoms with Gasteiger partial charge >= 0.3 is 0 Å². The van der Waals surface area contributed by atoms with Gasteiger partial charge in [0.1, 0.15) is 0 Å². The number of amides is 1. The topological polar surface area (TPSA) is 42.4 Å². The van der Waals surface area contributed by atoms with Gasteiger partial charge in [0.05, 0.1) is 5.41 Å². The van der Waals surface area contributed by atoms with Crippen LogP contribution >= 0.6 is 0 Å². The van der Waals surface area contributed by atoms with Crippen molar-refractivity contribution in [2.24, 2.45) is 0 Å². The van der Waals surface area contributed by atoms with E-state index in [0.717, 1.165) is 42.6 Å². The predicted molar refractivity (Wildman–Crippen MR) is 116 cm³/mol. The van der Waals surface area contributed by atoms with Crippen molar-refractivity contribution < 1.29 is 9.53 Å². The fraction of sp³-hybridized carbons (Fsp3) is 0.440. The molecule has 4 nitrogen and oxygen atoms in total. The van der Waals surface area contributed by atoms with E-state index < -0.39 is 5.41 Å². The van der Waals surface area contributed by atoms with Crippen molar-refractivity contribution in [3.8, 4) is 0 Å². The van der Waals surface area contributed by atoms with Crippen LogP contribution < -0.4 is 0 Å². The first-order valence-electron chi connectivity index (χ1n) is 10.6. The molecule has 2 aliphatic rings. The Morgan fingerprint density at radius 1 is 1.07 bits per heavy atom. The zero-order valence-corrected chi connectivity index (χ0v) is 17.7. The minimum atomic E-state index is -0.465. The molecular weight excluding hydrogens is 360 g/mol. The van der Waals surface area contributed by atoms with Crippen LogP contribution in [0.1, 0.15) is 47.2 Å². The van der Waals surface area contributed by atoms with Crippen molar-refractivity contribution in [3.05, 3.63) is 70.6 Å². The highest BCUT2D eigenvalue weighted by Crippen LogP contribution is 2.38. The van der Waals surface area contributed by atoms with Crippen LogP contribution in [0, 0.1) is 20.8 Å². The van der Waals surface area contributed by atoms with Crippen LogP contribution in [-0.4, -0.2) is 42.1 Å². The summed E-state index contributed by atoms with van der Waals surface area (Å²) in [6.07, 6.45) is 6.51. The number of hydrogen-bond acceptors (Lipinski definition) is 3. The third-order valence-corrected chi connectivity index (χ3v) is 6.59. The van der Waals surface area contributed by atoms with E-state index in [9.17, 15) is 4.79 Å². The van der Waals surface area contributed by atoms with Crippen LogP contribution in [0.4, 0.5) is 0 Å². The predicted octanol–water partition coefficient (Wildman–Crippen LogP) is 4.37. The van der Waals surface area contributed by atoms with Crippen molar-refractivity contribution in [3.63, 3.8) is 0 Å². The molecule has 0 atom stereocenters. The SMILES string of the molecule is Cc1ccc(C2=CCN(C(=O)C3(c4ccc(C)c(C)c4)CCOCC3)CC2)cn1. The number of carbonyl (C=O) groups is 1. The minimum Gasteiger partial charge on any atom is -0.381 e. The molecule has 0 spiro atoms. The minimum absolute atomic E-state index is 0.251. The second-order valence-corrected chi connectivity index (χ2v) is 8.41. The summed E-state index contributed by atoms with van der Waals surface area (Å²) in [6, 6.07) is 10.7. The molecule has 0 bridgehead atoms. The molecule has 2 aromatic rings. The largest absolute Gasteiger partial charge is 0.381 e. The fourth-order valence-corrected chi connectivity index (χ4v) is 4.46. The summed E-state index contributed by atoms with van der Waals surface area (Å²) < 4.78 is 5.63. The standard InChI is InChI=1S/C25H30N2O2/c1-18-4-7-23(16-19(18)2)25(10-14-29-15-11-25)24(28)27-12-8-21(9-13-27)22-6-5-20(3)26-17-22/h4-8,16-17H,9-15H2,1-3H3. The molecule has 2 aliphatic heterocycles. The molecule has 4 heteroatoms. The molecule has 1 aromatic heterocycles. The normalized spacial score (nSPS) is 19.0. The molecule has 0 aliphatic carbocycles. The summed E-state index contributed by atoms with van der Waals surface area (Å²) in [5, 5.41) is 0. The second-order valence-electron chi connectivity index (χ2n) is 8.41. The lowest BCUT2D eigenvalue weighted by atomic mass is 9.72. The molecule has 3 heterocycles. The fourth-order valence-electron chi connectivity index (χ4n) is 4.46. The molecular formula is C25H30N2O2. The van der Waals surface area contributed by atoms with Gasteiger partial charge < -0.3 is 9.64 Å². The first-order valence-corrected chi connectivity index (χ1v) is 10.6. The number of ether oxygens (including phenoxy) is 1. The van der Waals surface area contributed by atoms with Crippen LogP contribution in [0.15, 0.2) is 42.6 Å². The Bertz CT molecular complexity index is 924. The number of hydrogen-bond donors (Lipinski definition) is 0. The number of pyridine rings is 1. The Balaban J connectivity index is 1.59. The molecule has 0 N–H and O–H groups in total. The van der Waals surface area contributed by atoms with E-state index in [2.05, 4.69) is 49.2 Å². The molecule has 29 heavy (non-hydrogen) atoms. The van der Waals surface area contributed by atoms with Gasteiger partial charge in [0.15, 0.2) is 0 Å². The number of aryl methyl sites for hydroxylation is 3. The van der Waals surface area contributed by atoms with Crippen LogP contribution in [0.25, 0.3) is 5.57 Å². The number of carbonyl (C=O) groups excluding carboxylic acids is 1. The maximum Gasteiger partial charge on any atom is 0.233 e. The number of nitrogens with zero attached hydrogens (tertiary/aromatic N) is 2. The lowest BCUT2D eigenvalue weighted by Gasteiger charge is -2.41.